The summed E-state index contributed by atoms with van der Waals surface area (Å²) in [7, 11) is 0. The van der Waals surface area contributed by atoms with E-state index in [1.54, 1.807) is 22.9 Å². The molecule has 0 radical (unpaired) electrons. The van der Waals surface area contributed by atoms with Crippen LogP contribution in [0.15, 0.2) is 30.3 Å². The highest BCUT2D eigenvalue weighted by atomic mass is 32.1. The van der Waals surface area contributed by atoms with Crippen molar-refractivity contribution in [3.05, 3.63) is 46.7 Å². The fourth-order valence-corrected chi connectivity index (χ4v) is 7.01. The highest BCUT2D eigenvalue weighted by Gasteiger charge is 2.50. The summed E-state index contributed by atoms with van der Waals surface area (Å²) in [6, 6.07) is 8.01. The van der Waals surface area contributed by atoms with Crippen LogP contribution in [0.25, 0.3) is 15.9 Å². The van der Waals surface area contributed by atoms with Gasteiger partial charge < -0.3 is 9.64 Å². The molecule has 6 nitrogen and oxygen atoms in total. The minimum atomic E-state index is -0.511. The number of thiophene rings is 1. The summed E-state index contributed by atoms with van der Waals surface area (Å²) in [5.74, 6) is -0.952. The van der Waals surface area contributed by atoms with E-state index in [0.717, 1.165) is 41.7 Å². The van der Waals surface area contributed by atoms with Gasteiger partial charge >= 0.3 is 5.97 Å². The predicted molar refractivity (Wildman–Crippen MR) is 125 cm³/mol. The molecule has 0 N–H and O–H groups in total. The second-order valence-corrected chi connectivity index (χ2v) is 11.6. The second kappa shape index (κ2) is 7.65. The molecule has 3 heterocycles. The molecule has 33 heavy (non-hydrogen) atoms. The van der Waals surface area contributed by atoms with E-state index in [4.69, 9.17) is 4.74 Å². The third-order valence-corrected chi connectivity index (χ3v) is 7.97. The van der Waals surface area contributed by atoms with Crippen LogP contribution in [0.3, 0.4) is 0 Å². The molecular weight excluding hydrogens is 441 g/mol. The number of aryl methyl sites for hydroxylation is 1. The van der Waals surface area contributed by atoms with Gasteiger partial charge in [0.05, 0.1) is 11.4 Å². The SMILES string of the molecule is Cc1nn(-c2ccc(F)cc2)c2sc(C(=O)OCC(=O)N3C[C@@]4(C)C[C@@H]3CC(C)(C)C4)cc12. The molecule has 5 rings (SSSR count). The zero-order chi connectivity index (χ0) is 23.5. The molecule has 174 valence electrons. The van der Waals surface area contributed by atoms with Gasteiger partial charge in [0, 0.05) is 18.0 Å². The Labute approximate surface area is 196 Å². The van der Waals surface area contributed by atoms with E-state index >= 15 is 0 Å². The number of amides is 1. The van der Waals surface area contributed by atoms with Crippen LogP contribution in [-0.2, 0) is 9.53 Å². The van der Waals surface area contributed by atoms with Gasteiger partial charge in [-0.25, -0.2) is 13.9 Å². The maximum absolute atomic E-state index is 13.3. The molecule has 0 unspecified atom stereocenters. The van der Waals surface area contributed by atoms with Crippen molar-refractivity contribution < 1.29 is 18.7 Å². The number of halogens is 1. The number of likely N-dealkylation sites (tertiary alicyclic amines) is 1. The fourth-order valence-electron chi connectivity index (χ4n) is 5.94. The molecule has 1 aliphatic carbocycles. The van der Waals surface area contributed by atoms with E-state index in [1.807, 2.05) is 11.8 Å². The van der Waals surface area contributed by atoms with Gasteiger partial charge in [0.2, 0.25) is 0 Å². The molecule has 1 saturated carbocycles. The first kappa shape index (κ1) is 22.1. The molecule has 2 atom stereocenters. The Morgan fingerprint density at radius 1 is 1.21 bits per heavy atom. The average Bonchev–Trinajstić information content (AvgIpc) is 3.37. The molecule has 1 saturated heterocycles. The van der Waals surface area contributed by atoms with Gasteiger partial charge in [-0.05, 0) is 67.3 Å². The molecule has 1 amide bonds. The summed E-state index contributed by atoms with van der Waals surface area (Å²) >= 11 is 1.26. The first-order valence-corrected chi connectivity index (χ1v) is 12.1. The Kier molecular flexibility index (Phi) is 5.12. The van der Waals surface area contributed by atoms with Gasteiger partial charge in [0.15, 0.2) is 6.61 Å². The van der Waals surface area contributed by atoms with Crippen molar-refractivity contribution in [2.24, 2.45) is 10.8 Å². The molecule has 2 aromatic heterocycles. The van der Waals surface area contributed by atoms with Crippen LogP contribution in [0.5, 0.6) is 0 Å². The van der Waals surface area contributed by atoms with Crippen LogP contribution >= 0.6 is 11.3 Å². The third-order valence-electron chi connectivity index (χ3n) is 6.88. The Hall–Kier alpha value is -2.74. The minimum absolute atomic E-state index is 0.121. The van der Waals surface area contributed by atoms with Crippen molar-refractivity contribution in [1.29, 1.82) is 0 Å². The zero-order valence-corrected chi connectivity index (χ0v) is 20.2. The molecule has 2 aliphatic rings. The number of hydrogen-bond acceptors (Lipinski definition) is 5. The highest BCUT2D eigenvalue weighted by Crippen LogP contribution is 2.52. The fraction of sp³-hybridized carbons (Fsp3) is 0.480. The number of hydrogen-bond donors (Lipinski definition) is 0. The summed E-state index contributed by atoms with van der Waals surface area (Å²) < 4.78 is 20.4. The zero-order valence-electron chi connectivity index (χ0n) is 19.4. The lowest BCUT2D eigenvalue weighted by molar-refractivity contribution is -0.135. The van der Waals surface area contributed by atoms with Gasteiger partial charge in [0.1, 0.15) is 15.5 Å². The van der Waals surface area contributed by atoms with Crippen molar-refractivity contribution in [3.8, 4) is 5.69 Å². The topological polar surface area (TPSA) is 64.4 Å². The van der Waals surface area contributed by atoms with Crippen molar-refractivity contribution in [3.63, 3.8) is 0 Å². The van der Waals surface area contributed by atoms with Crippen LogP contribution in [0.2, 0.25) is 0 Å². The first-order chi connectivity index (χ1) is 15.5. The summed E-state index contributed by atoms with van der Waals surface area (Å²) in [4.78, 5) is 28.8. The lowest BCUT2D eigenvalue weighted by Crippen LogP contribution is -2.39. The summed E-state index contributed by atoms with van der Waals surface area (Å²) in [6.45, 7) is 9.13. The smallest absolute Gasteiger partial charge is 0.348 e. The molecule has 0 spiro atoms. The van der Waals surface area contributed by atoms with Crippen molar-refractivity contribution >= 4 is 33.4 Å². The van der Waals surface area contributed by atoms with E-state index in [2.05, 4.69) is 25.9 Å². The Balaban J connectivity index is 1.30. The van der Waals surface area contributed by atoms with Gasteiger partial charge in [-0.3, -0.25) is 4.79 Å². The number of aromatic nitrogens is 2. The maximum atomic E-state index is 13.3. The normalized spacial score (nSPS) is 23.8. The Morgan fingerprint density at radius 3 is 2.67 bits per heavy atom. The van der Waals surface area contributed by atoms with E-state index < -0.39 is 5.97 Å². The number of fused-ring (bicyclic) bond motifs is 3. The summed E-state index contributed by atoms with van der Waals surface area (Å²) in [5, 5.41) is 5.36. The van der Waals surface area contributed by atoms with Crippen LogP contribution in [-0.4, -0.2) is 45.8 Å². The largest absolute Gasteiger partial charge is 0.451 e. The maximum Gasteiger partial charge on any atom is 0.348 e. The summed E-state index contributed by atoms with van der Waals surface area (Å²) in [6.07, 6.45) is 3.11. The average molecular weight is 470 g/mol. The highest BCUT2D eigenvalue weighted by molar-refractivity contribution is 7.20. The predicted octanol–water partition coefficient (Wildman–Crippen LogP) is 5.12. The van der Waals surface area contributed by atoms with E-state index in [0.29, 0.717) is 10.6 Å². The molecule has 2 fully saturated rings. The van der Waals surface area contributed by atoms with Gasteiger partial charge in [-0.15, -0.1) is 11.3 Å². The number of carbonyl (C=O) groups is 2. The Morgan fingerprint density at radius 2 is 1.94 bits per heavy atom. The minimum Gasteiger partial charge on any atom is -0.451 e. The molecule has 1 aliphatic heterocycles. The number of esters is 1. The van der Waals surface area contributed by atoms with Crippen molar-refractivity contribution in [1.82, 2.24) is 14.7 Å². The van der Waals surface area contributed by atoms with Crippen LogP contribution in [0.1, 0.15) is 55.4 Å². The Bertz CT molecular complexity index is 1250. The molecular formula is C25H28FN3O3S. The third kappa shape index (κ3) is 4.05. The van der Waals surface area contributed by atoms with E-state index in [-0.39, 0.29) is 35.2 Å². The molecule has 8 heteroatoms. The number of carbonyl (C=O) groups excluding carboxylic acids is 2. The van der Waals surface area contributed by atoms with Gasteiger partial charge in [-0.2, -0.15) is 5.10 Å². The summed E-state index contributed by atoms with van der Waals surface area (Å²) in [5.41, 5.74) is 1.84. The molecule has 3 aromatic rings. The number of benzene rings is 1. The van der Waals surface area contributed by atoms with Crippen molar-refractivity contribution in [2.45, 2.75) is 53.0 Å². The van der Waals surface area contributed by atoms with Crippen LogP contribution in [0, 0.1) is 23.6 Å². The van der Waals surface area contributed by atoms with Gasteiger partial charge in [-0.1, -0.05) is 20.8 Å². The van der Waals surface area contributed by atoms with Crippen molar-refractivity contribution in [2.75, 3.05) is 13.2 Å². The van der Waals surface area contributed by atoms with Gasteiger partial charge in [0.25, 0.3) is 5.91 Å². The van der Waals surface area contributed by atoms with Crippen LogP contribution in [0.4, 0.5) is 4.39 Å². The number of nitrogens with zero attached hydrogens (tertiary/aromatic N) is 3. The number of ether oxygens (including phenoxy) is 1. The molecule has 1 aromatic carbocycles. The first-order valence-electron chi connectivity index (χ1n) is 11.3. The lowest BCUT2D eigenvalue weighted by Gasteiger charge is -2.39. The quantitative estimate of drug-likeness (QED) is 0.498. The number of rotatable bonds is 4. The van der Waals surface area contributed by atoms with E-state index in [1.165, 1.54) is 23.5 Å². The van der Waals surface area contributed by atoms with Crippen LogP contribution < -0.4 is 0 Å². The standard InChI is InChI=1S/C25H28FN3O3S/c1-15-19-9-20(33-22(19)29(27-15)17-7-5-16(26)6-8-17)23(31)32-12-21(30)28-14-25(4)11-18(28)10-24(2,3)13-25/h5-9,18H,10-14H2,1-4H3/t18-,25-/m0/s1. The second-order valence-electron chi connectivity index (χ2n) is 10.6. The molecule has 2 bridgehead atoms. The lowest BCUT2D eigenvalue weighted by atomic mass is 9.65. The monoisotopic (exact) mass is 469 g/mol. The van der Waals surface area contributed by atoms with E-state index in [9.17, 15) is 14.0 Å².